The van der Waals surface area contributed by atoms with Crippen molar-refractivity contribution >= 4 is 33.7 Å². The monoisotopic (exact) mass is 404 g/mol. The summed E-state index contributed by atoms with van der Waals surface area (Å²) in [7, 11) is 1.86. The Morgan fingerprint density at radius 1 is 1.27 bits per heavy atom. The van der Waals surface area contributed by atoms with Gasteiger partial charge in [0.05, 0.1) is 11.2 Å². The molecule has 10 nitrogen and oxygen atoms in total. The van der Waals surface area contributed by atoms with Crippen LogP contribution in [0.3, 0.4) is 0 Å². The Morgan fingerprint density at radius 3 is 2.93 bits per heavy atom. The summed E-state index contributed by atoms with van der Waals surface area (Å²) in [5, 5.41) is 11.8. The average Bonchev–Trinajstić information content (AvgIpc) is 3.22. The molecule has 10 heteroatoms. The topological polar surface area (TPSA) is 139 Å². The Kier molecular flexibility index (Phi) is 3.80. The van der Waals surface area contributed by atoms with Crippen molar-refractivity contribution < 1.29 is 4.42 Å². The van der Waals surface area contributed by atoms with E-state index in [1.165, 1.54) is 0 Å². The number of anilines is 1. The number of hydrogen-bond donors (Lipinski definition) is 4. The Bertz CT molecular complexity index is 1420. The molecule has 0 radical (unpaired) electrons. The molecule has 1 aromatic carbocycles. The van der Waals surface area contributed by atoms with Gasteiger partial charge in [-0.1, -0.05) is 0 Å². The smallest absolute Gasteiger partial charge is 0.408 e. The van der Waals surface area contributed by atoms with E-state index in [9.17, 15) is 4.79 Å². The lowest BCUT2D eigenvalue weighted by molar-refractivity contribution is 0.407. The third-order valence-electron chi connectivity index (χ3n) is 5.16. The highest BCUT2D eigenvalue weighted by atomic mass is 16.4. The number of aromatic amines is 1. The predicted molar refractivity (Wildman–Crippen MR) is 114 cm³/mol. The molecule has 0 aliphatic carbocycles. The zero-order valence-corrected chi connectivity index (χ0v) is 16.6. The fourth-order valence-electron chi connectivity index (χ4n) is 3.54. The van der Waals surface area contributed by atoms with Crippen LogP contribution in [0, 0.1) is 6.92 Å². The standard InChI is InChI=1S/C20H20N8O2/c1-10-8-23-20(21,12-6-14-11(2)27-28(3)18(14)22-9-12)26-17(10)24-13-4-5-16-15(7-13)25-19(29)30-16/h4-9,23H,21H2,1-3H3,(H,24,26)(H,25,29). The number of nitrogens with zero attached hydrogens (tertiary/aromatic N) is 4. The summed E-state index contributed by atoms with van der Waals surface area (Å²) in [6.45, 7) is 3.85. The molecule has 0 spiro atoms. The molecule has 0 fully saturated rings. The first-order chi connectivity index (χ1) is 14.3. The molecule has 1 unspecified atom stereocenters. The molecular weight excluding hydrogens is 384 g/mol. The minimum atomic E-state index is -1.20. The fourth-order valence-corrected chi connectivity index (χ4v) is 3.54. The van der Waals surface area contributed by atoms with Crippen LogP contribution in [0.5, 0.6) is 0 Å². The van der Waals surface area contributed by atoms with E-state index in [4.69, 9.17) is 15.1 Å². The van der Waals surface area contributed by atoms with E-state index in [1.54, 1.807) is 23.0 Å². The van der Waals surface area contributed by atoms with Crippen molar-refractivity contribution in [3.8, 4) is 0 Å². The normalized spacial score (nSPS) is 18.9. The summed E-state index contributed by atoms with van der Waals surface area (Å²) in [5.74, 6) is -1.09. The second-order valence-electron chi connectivity index (χ2n) is 7.35. The number of benzene rings is 1. The highest BCUT2D eigenvalue weighted by Crippen LogP contribution is 2.26. The first-order valence-electron chi connectivity index (χ1n) is 9.36. The van der Waals surface area contributed by atoms with Crippen LogP contribution in [-0.4, -0.2) is 25.6 Å². The van der Waals surface area contributed by atoms with Crippen molar-refractivity contribution in [2.45, 2.75) is 19.6 Å². The highest BCUT2D eigenvalue weighted by molar-refractivity contribution is 6.08. The summed E-state index contributed by atoms with van der Waals surface area (Å²) in [5.41, 5.74) is 11.7. The average molecular weight is 404 g/mol. The number of oxazole rings is 1. The zero-order valence-electron chi connectivity index (χ0n) is 16.6. The number of nitrogens with two attached hydrogens (primary N) is 1. The summed E-state index contributed by atoms with van der Waals surface area (Å²) in [6, 6.07) is 7.26. The van der Waals surface area contributed by atoms with Gasteiger partial charge in [0.2, 0.25) is 5.79 Å². The van der Waals surface area contributed by atoms with Gasteiger partial charge >= 0.3 is 5.76 Å². The molecule has 0 saturated carbocycles. The van der Waals surface area contributed by atoms with E-state index in [0.29, 0.717) is 22.5 Å². The van der Waals surface area contributed by atoms with Crippen molar-refractivity contribution in [3.63, 3.8) is 0 Å². The maximum Gasteiger partial charge on any atom is 0.417 e. The molecule has 5 rings (SSSR count). The van der Waals surface area contributed by atoms with Crippen molar-refractivity contribution in [3.05, 3.63) is 64.0 Å². The third kappa shape index (κ3) is 2.85. The number of nitrogens with one attached hydrogen (secondary N) is 3. The molecule has 5 N–H and O–H groups in total. The summed E-state index contributed by atoms with van der Waals surface area (Å²) >= 11 is 0. The molecule has 4 aromatic rings. The second kappa shape index (κ2) is 6.29. The first-order valence-corrected chi connectivity index (χ1v) is 9.36. The molecule has 0 amide bonds. The Hall–Kier alpha value is -3.92. The van der Waals surface area contributed by atoms with Crippen molar-refractivity contribution in [1.82, 2.24) is 25.1 Å². The van der Waals surface area contributed by atoms with E-state index < -0.39 is 11.5 Å². The number of aryl methyl sites for hydroxylation is 2. The number of aromatic nitrogens is 4. The Morgan fingerprint density at radius 2 is 2.10 bits per heavy atom. The predicted octanol–water partition coefficient (Wildman–Crippen LogP) is 1.80. The highest BCUT2D eigenvalue weighted by Gasteiger charge is 2.31. The molecule has 0 bridgehead atoms. The number of pyridine rings is 1. The van der Waals surface area contributed by atoms with Crippen LogP contribution in [0.25, 0.3) is 22.1 Å². The third-order valence-corrected chi connectivity index (χ3v) is 5.16. The van der Waals surface area contributed by atoms with Crippen LogP contribution in [-0.2, 0) is 12.8 Å². The fraction of sp³-hybridized carbons (Fsp3) is 0.200. The van der Waals surface area contributed by atoms with Gasteiger partial charge in [0.15, 0.2) is 11.2 Å². The van der Waals surface area contributed by atoms with E-state index in [2.05, 4.69) is 25.7 Å². The second-order valence-corrected chi connectivity index (χ2v) is 7.35. The van der Waals surface area contributed by atoms with Crippen LogP contribution >= 0.6 is 0 Å². The minimum Gasteiger partial charge on any atom is -0.408 e. The zero-order chi connectivity index (χ0) is 21.0. The van der Waals surface area contributed by atoms with Gasteiger partial charge in [0.25, 0.3) is 0 Å². The van der Waals surface area contributed by atoms with Gasteiger partial charge in [0, 0.05) is 41.7 Å². The first kappa shape index (κ1) is 18.1. The van der Waals surface area contributed by atoms with E-state index >= 15 is 0 Å². The molecule has 4 heterocycles. The van der Waals surface area contributed by atoms with Gasteiger partial charge < -0.3 is 15.1 Å². The summed E-state index contributed by atoms with van der Waals surface area (Å²) in [6.07, 6.45) is 3.52. The quantitative estimate of drug-likeness (QED) is 0.399. The van der Waals surface area contributed by atoms with E-state index in [1.807, 2.05) is 39.2 Å². The summed E-state index contributed by atoms with van der Waals surface area (Å²) < 4.78 is 6.79. The van der Waals surface area contributed by atoms with Crippen LogP contribution in [0.15, 0.2) is 56.4 Å². The molecule has 152 valence electrons. The van der Waals surface area contributed by atoms with Crippen LogP contribution in [0.2, 0.25) is 0 Å². The Labute approximate surface area is 170 Å². The van der Waals surface area contributed by atoms with Gasteiger partial charge in [-0.2, -0.15) is 5.10 Å². The SMILES string of the molecule is CC1=CNC(N)(c2cnc3c(c2)c(C)nn3C)N=C1Nc1ccc2oc(=O)[nH]c2c1. The number of amidine groups is 1. The van der Waals surface area contributed by atoms with Crippen LogP contribution < -0.4 is 22.1 Å². The van der Waals surface area contributed by atoms with Gasteiger partial charge in [-0.05, 0) is 38.1 Å². The van der Waals surface area contributed by atoms with Gasteiger partial charge in [-0.25, -0.2) is 14.8 Å². The minimum absolute atomic E-state index is 0.490. The molecule has 30 heavy (non-hydrogen) atoms. The Balaban J connectivity index is 1.53. The van der Waals surface area contributed by atoms with Gasteiger partial charge in [-0.15, -0.1) is 0 Å². The number of aliphatic imine (C=N–C) groups is 1. The van der Waals surface area contributed by atoms with Gasteiger partial charge in [0.1, 0.15) is 5.84 Å². The summed E-state index contributed by atoms with van der Waals surface area (Å²) in [4.78, 5) is 23.3. The number of H-pyrrole nitrogens is 1. The maximum absolute atomic E-state index is 11.4. The number of rotatable bonds is 2. The molecule has 1 aliphatic rings. The van der Waals surface area contributed by atoms with Crippen molar-refractivity contribution in [2.75, 3.05) is 5.32 Å². The maximum atomic E-state index is 11.4. The van der Waals surface area contributed by atoms with Crippen molar-refractivity contribution in [1.29, 1.82) is 0 Å². The van der Waals surface area contributed by atoms with Crippen LogP contribution in [0.1, 0.15) is 18.2 Å². The molecule has 3 aromatic heterocycles. The largest absolute Gasteiger partial charge is 0.417 e. The van der Waals surface area contributed by atoms with Crippen LogP contribution in [0.4, 0.5) is 5.69 Å². The van der Waals surface area contributed by atoms with Gasteiger partial charge in [-0.3, -0.25) is 15.4 Å². The van der Waals surface area contributed by atoms with E-state index in [-0.39, 0.29) is 0 Å². The lowest BCUT2D eigenvalue weighted by Gasteiger charge is -2.31. The number of fused-ring (bicyclic) bond motifs is 2. The molecule has 1 aliphatic heterocycles. The molecule has 0 saturated heterocycles. The molecular formula is C20H20N8O2. The van der Waals surface area contributed by atoms with Crippen molar-refractivity contribution in [2.24, 2.45) is 17.8 Å². The lowest BCUT2D eigenvalue weighted by Crippen LogP contribution is -2.50. The van der Waals surface area contributed by atoms with E-state index in [0.717, 1.165) is 28.0 Å². The lowest BCUT2D eigenvalue weighted by atomic mass is 10.1. The molecule has 1 atom stereocenters. The number of hydrogen-bond acceptors (Lipinski definition) is 8.